The van der Waals surface area contributed by atoms with E-state index >= 15 is 0 Å². The number of fused-ring (bicyclic) bond motifs is 2. The van der Waals surface area contributed by atoms with Crippen LogP contribution in [0.1, 0.15) is 5.56 Å². The van der Waals surface area contributed by atoms with Crippen LogP contribution in [-0.4, -0.2) is 19.8 Å². The molecule has 0 radical (unpaired) electrons. The van der Waals surface area contributed by atoms with E-state index in [0.29, 0.717) is 17.2 Å². The zero-order chi connectivity index (χ0) is 17.9. The molecule has 0 aliphatic carbocycles. The minimum atomic E-state index is -0.210. The van der Waals surface area contributed by atoms with Gasteiger partial charge in [0.1, 0.15) is 5.75 Å². The van der Waals surface area contributed by atoms with Crippen molar-refractivity contribution in [1.29, 1.82) is 0 Å². The van der Waals surface area contributed by atoms with Gasteiger partial charge in [0.15, 0.2) is 11.5 Å². The fraction of sp³-hybridized carbons (Fsp3) is 0.0952. The van der Waals surface area contributed by atoms with Crippen molar-refractivity contribution in [3.63, 3.8) is 0 Å². The van der Waals surface area contributed by atoms with Crippen LogP contribution in [0.25, 0.3) is 16.8 Å². The predicted molar refractivity (Wildman–Crippen MR) is 101 cm³/mol. The van der Waals surface area contributed by atoms with Crippen LogP contribution in [-0.2, 0) is 4.79 Å². The zero-order valence-corrected chi connectivity index (χ0v) is 14.2. The molecule has 0 spiro atoms. The summed E-state index contributed by atoms with van der Waals surface area (Å²) in [4.78, 5) is 12.1. The van der Waals surface area contributed by atoms with Crippen LogP contribution < -0.4 is 19.5 Å². The molecule has 0 atom stereocenters. The normalized spacial score (nSPS) is 12.5. The molecule has 1 N–H and O–H groups in total. The van der Waals surface area contributed by atoms with Crippen LogP contribution in [0.5, 0.6) is 17.2 Å². The molecule has 0 saturated carbocycles. The molecule has 3 aromatic rings. The Morgan fingerprint density at radius 2 is 1.81 bits per heavy atom. The third kappa shape index (κ3) is 3.32. The predicted octanol–water partition coefficient (Wildman–Crippen LogP) is 4.23. The largest absolute Gasteiger partial charge is 0.497 e. The first kappa shape index (κ1) is 16.0. The topological polar surface area (TPSA) is 56.8 Å². The number of nitrogens with one attached hydrogen (secondary N) is 1. The first-order valence-electron chi connectivity index (χ1n) is 8.18. The number of hydrogen-bond acceptors (Lipinski definition) is 4. The van der Waals surface area contributed by atoms with Gasteiger partial charge in [-0.25, -0.2) is 0 Å². The summed E-state index contributed by atoms with van der Waals surface area (Å²) in [5, 5.41) is 4.99. The van der Waals surface area contributed by atoms with Crippen LogP contribution in [0.3, 0.4) is 0 Å². The maximum absolute atomic E-state index is 12.1. The summed E-state index contributed by atoms with van der Waals surface area (Å²) in [5.74, 6) is 1.94. The van der Waals surface area contributed by atoms with Crippen molar-refractivity contribution in [3.8, 4) is 17.2 Å². The first-order valence-corrected chi connectivity index (χ1v) is 8.18. The van der Waals surface area contributed by atoms with E-state index in [-0.39, 0.29) is 12.7 Å². The lowest BCUT2D eigenvalue weighted by Gasteiger charge is -2.04. The Kier molecular flexibility index (Phi) is 4.19. The van der Waals surface area contributed by atoms with Gasteiger partial charge in [-0.15, -0.1) is 0 Å². The van der Waals surface area contributed by atoms with Crippen LogP contribution in [0.2, 0.25) is 0 Å². The van der Waals surface area contributed by atoms with Crippen molar-refractivity contribution in [2.75, 3.05) is 19.2 Å². The Morgan fingerprint density at radius 3 is 2.69 bits per heavy atom. The molecule has 4 rings (SSSR count). The Hall–Kier alpha value is -3.47. The molecule has 1 aliphatic heterocycles. The van der Waals surface area contributed by atoms with Gasteiger partial charge in [-0.2, -0.15) is 0 Å². The van der Waals surface area contributed by atoms with Gasteiger partial charge in [-0.3, -0.25) is 4.79 Å². The molecule has 130 valence electrons. The van der Waals surface area contributed by atoms with Gasteiger partial charge >= 0.3 is 0 Å². The number of rotatable bonds is 4. The average molecular weight is 347 g/mol. The van der Waals surface area contributed by atoms with E-state index in [1.54, 1.807) is 31.4 Å². The molecular formula is C21H17NO4. The van der Waals surface area contributed by atoms with Gasteiger partial charge in [0.2, 0.25) is 12.7 Å². The Bertz CT molecular complexity index is 1010. The molecule has 0 bridgehead atoms. The smallest absolute Gasteiger partial charge is 0.248 e. The van der Waals surface area contributed by atoms with Crippen molar-refractivity contribution in [2.24, 2.45) is 0 Å². The summed E-state index contributed by atoms with van der Waals surface area (Å²) < 4.78 is 15.8. The van der Waals surface area contributed by atoms with E-state index in [1.165, 1.54) is 6.08 Å². The molecule has 1 amide bonds. The summed E-state index contributed by atoms with van der Waals surface area (Å²) >= 11 is 0. The summed E-state index contributed by atoms with van der Waals surface area (Å²) in [6, 6.07) is 17.2. The third-order valence-corrected chi connectivity index (χ3v) is 4.14. The van der Waals surface area contributed by atoms with Gasteiger partial charge < -0.3 is 19.5 Å². The lowest BCUT2D eigenvalue weighted by Crippen LogP contribution is -2.07. The Morgan fingerprint density at radius 1 is 1.00 bits per heavy atom. The van der Waals surface area contributed by atoms with Gasteiger partial charge in [0, 0.05) is 17.8 Å². The standard InChI is InChI=1S/C21H17NO4/c1-24-18-7-5-15-10-14(2-4-16(15)11-18)3-9-21(23)22-17-6-8-19-20(12-17)26-13-25-19/h2-12H,13H2,1H3,(H,22,23)/b9-3+. The number of amides is 1. The molecule has 1 heterocycles. The van der Waals surface area contributed by atoms with Crippen LogP contribution in [0.4, 0.5) is 5.69 Å². The van der Waals surface area contributed by atoms with Crippen molar-refractivity contribution >= 4 is 28.4 Å². The van der Waals surface area contributed by atoms with Crippen molar-refractivity contribution in [1.82, 2.24) is 0 Å². The van der Waals surface area contributed by atoms with E-state index in [0.717, 1.165) is 22.1 Å². The van der Waals surface area contributed by atoms with E-state index in [1.807, 2.05) is 36.4 Å². The second-order valence-electron chi connectivity index (χ2n) is 5.86. The van der Waals surface area contributed by atoms with Crippen LogP contribution in [0.15, 0.2) is 60.7 Å². The minimum Gasteiger partial charge on any atom is -0.497 e. The zero-order valence-electron chi connectivity index (χ0n) is 14.2. The lowest BCUT2D eigenvalue weighted by molar-refractivity contribution is -0.111. The number of hydrogen-bond donors (Lipinski definition) is 1. The number of methoxy groups -OCH3 is 1. The summed E-state index contributed by atoms with van der Waals surface area (Å²) in [6.45, 7) is 0.209. The van der Waals surface area contributed by atoms with Gasteiger partial charge in [-0.1, -0.05) is 18.2 Å². The second-order valence-corrected chi connectivity index (χ2v) is 5.86. The fourth-order valence-electron chi connectivity index (χ4n) is 2.80. The highest BCUT2D eigenvalue weighted by atomic mass is 16.7. The van der Waals surface area contributed by atoms with Crippen molar-refractivity contribution in [2.45, 2.75) is 0 Å². The molecule has 5 nitrogen and oxygen atoms in total. The van der Waals surface area contributed by atoms with Crippen LogP contribution in [0, 0.1) is 0 Å². The highest BCUT2D eigenvalue weighted by Crippen LogP contribution is 2.34. The summed E-state index contributed by atoms with van der Waals surface area (Å²) in [5.41, 5.74) is 1.61. The summed E-state index contributed by atoms with van der Waals surface area (Å²) in [6.07, 6.45) is 3.29. The van der Waals surface area contributed by atoms with E-state index in [2.05, 4.69) is 5.32 Å². The van der Waals surface area contributed by atoms with Gasteiger partial charge in [0.25, 0.3) is 0 Å². The molecule has 1 aliphatic rings. The lowest BCUT2D eigenvalue weighted by atomic mass is 10.1. The molecule has 0 saturated heterocycles. The maximum atomic E-state index is 12.1. The number of benzene rings is 3. The fourth-order valence-corrected chi connectivity index (χ4v) is 2.80. The Balaban J connectivity index is 1.46. The number of carbonyl (C=O) groups is 1. The van der Waals surface area contributed by atoms with Crippen molar-refractivity contribution in [3.05, 3.63) is 66.2 Å². The van der Waals surface area contributed by atoms with E-state index < -0.39 is 0 Å². The molecule has 0 aromatic heterocycles. The summed E-state index contributed by atoms with van der Waals surface area (Å²) in [7, 11) is 1.65. The monoisotopic (exact) mass is 347 g/mol. The van der Waals surface area contributed by atoms with E-state index in [9.17, 15) is 4.79 Å². The molecular weight excluding hydrogens is 330 g/mol. The number of ether oxygens (including phenoxy) is 3. The van der Waals surface area contributed by atoms with E-state index in [4.69, 9.17) is 14.2 Å². The van der Waals surface area contributed by atoms with Gasteiger partial charge in [0.05, 0.1) is 7.11 Å². The maximum Gasteiger partial charge on any atom is 0.248 e. The highest BCUT2D eigenvalue weighted by molar-refractivity contribution is 6.02. The average Bonchev–Trinajstić information content (AvgIpc) is 3.13. The number of carbonyl (C=O) groups excluding carboxylic acids is 1. The first-order chi connectivity index (χ1) is 12.7. The van der Waals surface area contributed by atoms with Gasteiger partial charge in [-0.05, 0) is 52.7 Å². The minimum absolute atomic E-state index is 0.209. The highest BCUT2D eigenvalue weighted by Gasteiger charge is 2.13. The Labute approximate surface area is 150 Å². The molecule has 5 heteroatoms. The second kappa shape index (κ2) is 6.80. The molecule has 26 heavy (non-hydrogen) atoms. The number of anilines is 1. The molecule has 3 aromatic carbocycles. The SMILES string of the molecule is COc1ccc2cc(/C=C/C(=O)Nc3ccc4c(c3)OCO4)ccc2c1. The third-order valence-electron chi connectivity index (χ3n) is 4.14. The van der Waals surface area contributed by atoms with Crippen molar-refractivity contribution < 1.29 is 19.0 Å². The quantitative estimate of drug-likeness (QED) is 0.718. The molecule has 0 fully saturated rings. The molecule has 0 unspecified atom stereocenters. The van der Waals surface area contributed by atoms with Crippen LogP contribution >= 0.6 is 0 Å².